The summed E-state index contributed by atoms with van der Waals surface area (Å²) in [5.74, 6) is 0.326. The number of hydrogen-bond acceptors (Lipinski definition) is 6. The van der Waals surface area contributed by atoms with E-state index in [9.17, 15) is 4.79 Å². The van der Waals surface area contributed by atoms with E-state index in [4.69, 9.17) is 0 Å². The molecular formula is C17H17N5OS. The van der Waals surface area contributed by atoms with Crippen molar-refractivity contribution in [2.75, 3.05) is 10.6 Å². The summed E-state index contributed by atoms with van der Waals surface area (Å²) in [6, 6.07) is 12.6. The molecule has 1 amide bonds. The van der Waals surface area contributed by atoms with Crippen LogP contribution in [0.1, 0.15) is 27.3 Å². The SMILES string of the molecule is CCc1cnc(CNc2ccc(C(=O)Nc3ccccc3)nn2)s1. The minimum Gasteiger partial charge on any atom is -0.362 e. The van der Waals surface area contributed by atoms with Crippen molar-refractivity contribution in [3.8, 4) is 0 Å². The van der Waals surface area contributed by atoms with Crippen molar-refractivity contribution in [2.24, 2.45) is 0 Å². The van der Waals surface area contributed by atoms with Gasteiger partial charge in [-0.1, -0.05) is 25.1 Å². The Hall–Kier alpha value is -2.80. The zero-order valence-corrected chi connectivity index (χ0v) is 14.0. The van der Waals surface area contributed by atoms with Crippen molar-refractivity contribution < 1.29 is 4.79 Å². The van der Waals surface area contributed by atoms with E-state index in [2.05, 4.69) is 32.7 Å². The number of anilines is 2. The molecule has 0 aliphatic rings. The number of para-hydroxylation sites is 1. The Morgan fingerprint density at radius 3 is 2.62 bits per heavy atom. The molecule has 0 atom stereocenters. The molecule has 3 rings (SSSR count). The summed E-state index contributed by atoms with van der Waals surface area (Å²) < 4.78 is 0. The Kier molecular flexibility index (Phi) is 5.12. The Balaban J connectivity index is 1.57. The molecule has 0 bridgehead atoms. The molecule has 122 valence electrons. The summed E-state index contributed by atoms with van der Waals surface area (Å²) in [5, 5.41) is 14.9. The molecule has 0 unspecified atom stereocenters. The van der Waals surface area contributed by atoms with Crippen LogP contribution in [0.5, 0.6) is 0 Å². The van der Waals surface area contributed by atoms with Crippen LogP contribution in [0.2, 0.25) is 0 Å². The number of nitrogens with zero attached hydrogens (tertiary/aromatic N) is 3. The quantitative estimate of drug-likeness (QED) is 0.720. The Labute approximate surface area is 144 Å². The van der Waals surface area contributed by atoms with Gasteiger partial charge >= 0.3 is 0 Å². The van der Waals surface area contributed by atoms with E-state index in [1.165, 1.54) is 4.88 Å². The van der Waals surface area contributed by atoms with Crippen molar-refractivity contribution in [3.63, 3.8) is 0 Å². The number of benzene rings is 1. The van der Waals surface area contributed by atoms with Crippen molar-refractivity contribution in [3.05, 3.63) is 64.2 Å². The topological polar surface area (TPSA) is 79.8 Å². The van der Waals surface area contributed by atoms with Crippen LogP contribution in [0.3, 0.4) is 0 Å². The molecule has 2 aromatic heterocycles. The second kappa shape index (κ2) is 7.65. The summed E-state index contributed by atoms with van der Waals surface area (Å²) in [6.07, 6.45) is 2.88. The molecule has 24 heavy (non-hydrogen) atoms. The maximum atomic E-state index is 12.1. The number of thiazole rings is 1. The van der Waals surface area contributed by atoms with Crippen LogP contribution in [0, 0.1) is 0 Å². The van der Waals surface area contributed by atoms with Crippen molar-refractivity contribution in [2.45, 2.75) is 19.9 Å². The van der Waals surface area contributed by atoms with E-state index < -0.39 is 0 Å². The lowest BCUT2D eigenvalue weighted by atomic mass is 10.3. The monoisotopic (exact) mass is 339 g/mol. The molecule has 0 spiro atoms. The van der Waals surface area contributed by atoms with Gasteiger partial charge in [0.1, 0.15) is 10.8 Å². The zero-order chi connectivity index (χ0) is 16.8. The number of carbonyl (C=O) groups excluding carboxylic acids is 1. The Morgan fingerprint density at radius 1 is 1.12 bits per heavy atom. The smallest absolute Gasteiger partial charge is 0.276 e. The zero-order valence-electron chi connectivity index (χ0n) is 13.2. The van der Waals surface area contributed by atoms with Crippen molar-refractivity contribution in [1.82, 2.24) is 15.2 Å². The van der Waals surface area contributed by atoms with Crippen LogP contribution in [-0.4, -0.2) is 21.1 Å². The molecule has 2 N–H and O–H groups in total. The van der Waals surface area contributed by atoms with E-state index in [0.29, 0.717) is 12.4 Å². The Morgan fingerprint density at radius 2 is 1.96 bits per heavy atom. The van der Waals surface area contributed by atoms with E-state index in [1.807, 2.05) is 36.5 Å². The highest BCUT2D eigenvalue weighted by Gasteiger charge is 2.09. The number of amides is 1. The Bertz CT molecular complexity index is 801. The molecule has 6 nitrogen and oxygen atoms in total. The van der Waals surface area contributed by atoms with Gasteiger partial charge in [-0.3, -0.25) is 4.79 Å². The lowest BCUT2D eigenvalue weighted by Gasteiger charge is -2.05. The average Bonchev–Trinajstić information content (AvgIpc) is 3.09. The summed E-state index contributed by atoms with van der Waals surface area (Å²) in [6.45, 7) is 2.70. The molecule has 7 heteroatoms. The normalized spacial score (nSPS) is 10.4. The van der Waals surface area contributed by atoms with Gasteiger partial charge in [0.15, 0.2) is 5.69 Å². The second-order valence-corrected chi connectivity index (χ2v) is 6.25. The van der Waals surface area contributed by atoms with Gasteiger partial charge in [0.2, 0.25) is 0 Å². The molecular weight excluding hydrogens is 322 g/mol. The minimum atomic E-state index is -0.284. The first-order valence-electron chi connectivity index (χ1n) is 7.62. The van der Waals surface area contributed by atoms with Crippen LogP contribution in [0.15, 0.2) is 48.7 Å². The predicted octanol–water partition coefficient (Wildman–Crippen LogP) is 3.36. The van der Waals surface area contributed by atoms with E-state index >= 15 is 0 Å². The number of aromatic nitrogens is 3. The van der Waals surface area contributed by atoms with E-state index in [-0.39, 0.29) is 11.6 Å². The second-order valence-electron chi connectivity index (χ2n) is 5.05. The summed E-state index contributed by atoms with van der Waals surface area (Å²) in [7, 11) is 0. The van der Waals surface area contributed by atoms with E-state index in [1.54, 1.807) is 23.5 Å². The first kappa shape index (κ1) is 16.1. The first-order valence-corrected chi connectivity index (χ1v) is 8.44. The first-order chi connectivity index (χ1) is 11.7. The van der Waals surface area contributed by atoms with Gasteiger partial charge in [-0.15, -0.1) is 21.5 Å². The standard InChI is InChI=1S/C17H17N5OS/c1-2-13-10-19-16(24-13)11-18-15-9-8-14(21-22-15)17(23)20-12-6-4-3-5-7-12/h3-10H,2,11H2,1H3,(H,18,22)(H,20,23). The molecule has 0 aliphatic heterocycles. The van der Waals surface area contributed by atoms with Gasteiger partial charge in [-0.05, 0) is 30.7 Å². The van der Waals surface area contributed by atoms with Gasteiger partial charge in [-0.2, -0.15) is 0 Å². The maximum Gasteiger partial charge on any atom is 0.276 e. The van der Waals surface area contributed by atoms with Gasteiger partial charge < -0.3 is 10.6 Å². The van der Waals surface area contributed by atoms with Crippen LogP contribution >= 0.6 is 11.3 Å². The van der Waals surface area contributed by atoms with Crippen LogP contribution in [0.4, 0.5) is 11.5 Å². The highest BCUT2D eigenvalue weighted by Crippen LogP contribution is 2.15. The maximum absolute atomic E-state index is 12.1. The molecule has 0 saturated heterocycles. The summed E-state index contributed by atoms with van der Waals surface area (Å²) >= 11 is 1.68. The highest BCUT2D eigenvalue weighted by molar-refractivity contribution is 7.11. The molecule has 1 aromatic carbocycles. The van der Waals surface area contributed by atoms with E-state index in [0.717, 1.165) is 17.1 Å². The predicted molar refractivity (Wildman–Crippen MR) is 95.2 cm³/mol. The van der Waals surface area contributed by atoms with Gasteiger partial charge in [0, 0.05) is 16.8 Å². The fourth-order valence-corrected chi connectivity index (χ4v) is 2.83. The molecule has 0 radical (unpaired) electrons. The van der Waals surface area contributed by atoms with Crippen LogP contribution in [-0.2, 0) is 13.0 Å². The fraction of sp³-hybridized carbons (Fsp3) is 0.176. The number of hydrogen-bond donors (Lipinski definition) is 2. The van der Waals surface area contributed by atoms with Crippen LogP contribution < -0.4 is 10.6 Å². The van der Waals surface area contributed by atoms with Gasteiger partial charge in [-0.25, -0.2) is 4.98 Å². The third-order valence-electron chi connectivity index (χ3n) is 3.30. The lowest BCUT2D eigenvalue weighted by Crippen LogP contribution is -2.14. The van der Waals surface area contributed by atoms with Crippen LogP contribution in [0.25, 0.3) is 0 Å². The number of aryl methyl sites for hydroxylation is 1. The third-order valence-corrected chi connectivity index (χ3v) is 4.44. The molecule has 3 aromatic rings. The molecule has 0 aliphatic carbocycles. The molecule has 0 saturated carbocycles. The van der Waals surface area contributed by atoms with Gasteiger partial charge in [0.25, 0.3) is 5.91 Å². The number of rotatable bonds is 6. The minimum absolute atomic E-state index is 0.270. The third kappa shape index (κ3) is 4.14. The lowest BCUT2D eigenvalue weighted by molar-refractivity contribution is 0.102. The molecule has 0 fully saturated rings. The summed E-state index contributed by atoms with van der Waals surface area (Å²) in [5.41, 5.74) is 0.994. The highest BCUT2D eigenvalue weighted by atomic mass is 32.1. The molecule has 2 heterocycles. The average molecular weight is 339 g/mol. The summed E-state index contributed by atoms with van der Waals surface area (Å²) in [4.78, 5) is 17.7. The fourth-order valence-electron chi connectivity index (χ4n) is 2.02. The largest absolute Gasteiger partial charge is 0.362 e. The van der Waals surface area contributed by atoms with Gasteiger partial charge in [0.05, 0.1) is 6.54 Å². The van der Waals surface area contributed by atoms with Crippen molar-refractivity contribution >= 4 is 28.7 Å². The number of nitrogens with one attached hydrogen (secondary N) is 2. The number of carbonyl (C=O) groups is 1. The van der Waals surface area contributed by atoms with Crippen molar-refractivity contribution in [1.29, 1.82) is 0 Å².